The lowest BCUT2D eigenvalue weighted by molar-refractivity contribution is -0.118. The normalized spacial score (nSPS) is 37.8. The molecular weight excluding hydrogens is 232 g/mol. The first-order chi connectivity index (χ1) is 8.77. The van der Waals surface area contributed by atoms with Gasteiger partial charge in [0.05, 0.1) is 0 Å². The lowest BCUT2D eigenvalue weighted by Crippen LogP contribution is -2.49. The van der Waals surface area contributed by atoms with Crippen molar-refractivity contribution in [2.45, 2.75) is 72.6 Å². The smallest absolute Gasteiger partial charge is 0.129 e. The summed E-state index contributed by atoms with van der Waals surface area (Å²) in [7, 11) is 0. The molecule has 2 aliphatic carbocycles. The molecule has 0 radical (unpaired) electrons. The van der Waals surface area contributed by atoms with E-state index in [4.69, 9.17) is 0 Å². The predicted molar refractivity (Wildman–Crippen MR) is 81.0 cm³/mol. The van der Waals surface area contributed by atoms with Crippen LogP contribution in [-0.4, -0.2) is 5.78 Å². The van der Waals surface area contributed by atoms with Crippen molar-refractivity contribution in [2.75, 3.05) is 0 Å². The Bertz CT molecular complexity index is 379. The number of ketones is 1. The van der Waals surface area contributed by atoms with E-state index in [1.54, 1.807) is 6.92 Å². The van der Waals surface area contributed by atoms with Gasteiger partial charge in [0.2, 0.25) is 0 Å². The number of hydrogen-bond donors (Lipinski definition) is 0. The van der Waals surface area contributed by atoms with Crippen LogP contribution in [0.25, 0.3) is 0 Å². The molecule has 2 fully saturated rings. The van der Waals surface area contributed by atoms with Crippen LogP contribution in [0.5, 0.6) is 0 Å². The van der Waals surface area contributed by atoms with Gasteiger partial charge in [-0.3, -0.25) is 0 Å². The largest absolute Gasteiger partial charge is 0.300 e. The van der Waals surface area contributed by atoms with E-state index in [1.165, 1.54) is 37.7 Å². The minimum atomic E-state index is 0.327. The molecule has 1 heteroatoms. The van der Waals surface area contributed by atoms with E-state index in [2.05, 4.69) is 27.4 Å². The number of carbonyl (C=O) groups excluding carboxylic acids is 1. The second-order valence-corrected chi connectivity index (χ2v) is 7.89. The van der Waals surface area contributed by atoms with Crippen LogP contribution < -0.4 is 0 Å². The van der Waals surface area contributed by atoms with Crippen LogP contribution in [0.15, 0.2) is 12.2 Å². The van der Waals surface area contributed by atoms with E-state index >= 15 is 0 Å². The molecule has 1 unspecified atom stereocenters. The minimum Gasteiger partial charge on any atom is -0.300 e. The van der Waals surface area contributed by atoms with E-state index < -0.39 is 0 Å². The van der Waals surface area contributed by atoms with Crippen molar-refractivity contribution >= 4 is 5.78 Å². The number of allylic oxidation sites excluding steroid dienone is 1. The van der Waals surface area contributed by atoms with Crippen molar-refractivity contribution in [3.63, 3.8) is 0 Å². The maximum atomic E-state index is 11.4. The molecule has 2 saturated carbocycles. The van der Waals surface area contributed by atoms with Crippen LogP contribution in [-0.2, 0) is 4.79 Å². The molecule has 108 valence electrons. The van der Waals surface area contributed by atoms with Crippen LogP contribution in [0.4, 0.5) is 0 Å². The molecule has 0 spiro atoms. The third-order valence-corrected chi connectivity index (χ3v) is 6.10. The zero-order valence-corrected chi connectivity index (χ0v) is 13.2. The molecule has 19 heavy (non-hydrogen) atoms. The molecule has 0 N–H and O–H groups in total. The standard InChI is InChI=1S/C18H30O/c1-13-7-10-16-17(3,4)11-6-12-18(16,5)15(13)9-8-14(2)19/h15-16H,1,6-12H2,2-5H3/t15-,16?,18+/m1/s1. The van der Waals surface area contributed by atoms with Gasteiger partial charge in [-0.1, -0.05) is 39.3 Å². The quantitative estimate of drug-likeness (QED) is 0.642. The first-order valence-electron chi connectivity index (χ1n) is 7.94. The number of rotatable bonds is 3. The Morgan fingerprint density at radius 2 is 2.00 bits per heavy atom. The summed E-state index contributed by atoms with van der Waals surface area (Å²) in [6.07, 6.45) is 8.25. The third kappa shape index (κ3) is 2.66. The Balaban J connectivity index is 2.24. The molecule has 1 nitrogen and oxygen atoms in total. The Kier molecular flexibility index (Phi) is 3.95. The molecule has 0 heterocycles. The highest BCUT2D eigenvalue weighted by molar-refractivity contribution is 5.75. The lowest BCUT2D eigenvalue weighted by atomic mass is 9.47. The maximum absolute atomic E-state index is 11.4. The van der Waals surface area contributed by atoms with Gasteiger partial charge in [0.15, 0.2) is 0 Å². The molecule has 0 aliphatic heterocycles. The summed E-state index contributed by atoms with van der Waals surface area (Å²) in [5, 5.41) is 0. The summed E-state index contributed by atoms with van der Waals surface area (Å²) in [6, 6.07) is 0. The molecule has 0 aromatic heterocycles. The molecule has 0 aromatic carbocycles. The van der Waals surface area contributed by atoms with Crippen LogP contribution in [0, 0.1) is 22.7 Å². The van der Waals surface area contributed by atoms with Gasteiger partial charge in [0, 0.05) is 6.42 Å². The second-order valence-electron chi connectivity index (χ2n) is 7.89. The minimum absolute atomic E-state index is 0.327. The maximum Gasteiger partial charge on any atom is 0.129 e. The average Bonchev–Trinajstić information content (AvgIpc) is 2.26. The zero-order valence-electron chi connectivity index (χ0n) is 13.2. The van der Waals surface area contributed by atoms with Gasteiger partial charge in [-0.2, -0.15) is 0 Å². The van der Waals surface area contributed by atoms with Crippen molar-refractivity contribution in [3.8, 4) is 0 Å². The van der Waals surface area contributed by atoms with Crippen molar-refractivity contribution < 1.29 is 4.79 Å². The monoisotopic (exact) mass is 262 g/mol. The van der Waals surface area contributed by atoms with Gasteiger partial charge in [0.1, 0.15) is 5.78 Å². The lowest BCUT2D eigenvalue weighted by Gasteiger charge is -2.58. The van der Waals surface area contributed by atoms with Gasteiger partial charge in [-0.05, 0) is 61.7 Å². The fourth-order valence-corrected chi connectivity index (χ4v) is 5.16. The highest BCUT2D eigenvalue weighted by Crippen LogP contribution is 2.61. The molecule has 2 rings (SSSR count). The second kappa shape index (κ2) is 5.07. The number of carbonyl (C=O) groups is 1. The first kappa shape index (κ1) is 14.8. The van der Waals surface area contributed by atoms with Crippen molar-refractivity contribution in [2.24, 2.45) is 22.7 Å². The van der Waals surface area contributed by atoms with Crippen LogP contribution in [0.3, 0.4) is 0 Å². The number of Topliss-reactive ketones (excluding diaryl/α,β-unsaturated/α-hetero) is 1. The number of fused-ring (bicyclic) bond motifs is 1. The Morgan fingerprint density at radius 3 is 2.63 bits per heavy atom. The van der Waals surface area contributed by atoms with Crippen LogP contribution in [0.1, 0.15) is 72.6 Å². The van der Waals surface area contributed by atoms with Crippen molar-refractivity contribution in [3.05, 3.63) is 12.2 Å². The van der Waals surface area contributed by atoms with Crippen molar-refractivity contribution in [1.82, 2.24) is 0 Å². The molecule has 0 saturated heterocycles. The summed E-state index contributed by atoms with van der Waals surface area (Å²) < 4.78 is 0. The van der Waals surface area contributed by atoms with Gasteiger partial charge in [-0.25, -0.2) is 0 Å². The number of hydrogen-bond acceptors (Lipinski definition) is 1. The van der Waals surface area contributed by atoms with Gasteiger partial charge in [0.25, 0.3) is 0 Å². The van der Waals surface area contributed by atoms with Gasteiger partial charge >= 0.3 is 0 Å². The summed E-state index contributed by atoms with van der Waals surface area (Å²) >= 11 is 0. The summed E-state index contributed by atoms with van der Waals surface area (Å²) in [4.78, 5) is 11.4. The molecule has 0 amide bonds. The fourth-order valence-electron chi connectivity index (χ4n) is 5.16. The molecule has 0 bridgehead atoms. The van der Waals surface area contributed by atoms with E-state index in [-0.39, 0.29) is 0 Å². The molecule has 2 aliphatic rings. The fraction of sp³-hybridized carbons (Fsp3) is 0.833. The van der Waals surface area contributed by atoms with Crippen molar-refractivity contribution in [1.29, 1.82) is 0 Å². The van der Waals surface area contributed by atoms with E-state index in [1.807, 2.05) is 0 Å². The predicted octanol–water partition coefficient (Wildman–Crippen LogP) is 5.15. The topological polar surface area (TPSA) is 17.1 Å². The molecule has 3 atom stereocenters. The Hall–Kier alpha value is -0.590. The third-order valence-electron chi connectivity index (χ3n) is 6.10. The molecule has 0 aromatic rings. The van der Waals surface area contributed by atoms with Crippen LogP contribution >= 0.6 is 0 Å². The van der Waals surface area contributed by atoms with Crippen LogP contribution in [0.2, 0.25) is 0 Å². The van der Waals surface area contributed by atoms with E-state index in [0.717, 1.165) is 18.8 Å². The van der Waals surface area contributed by atoms with E-state index in [9.17, 15) is 4.79 Å². The summed E-state index contributed by atoms with van der Waals surface area (Å²) in [5.41, 5.74) is 2.26. The Labute approximate surface area is 118 Å². The Morgan fingerprint density at radius 1 is 1.32 bits per heavy atom. The summed E-state index contributed by atoms with van der Waals surface area (Å²) in [5.74, 6) is 1.69. The highest BCUT2D eigenvalue weighted by Gasteiger charge is 2.52. The summed E-state index contributed by atoms with van der Waals surface area (Å²) in [6.45, 7) is 13.4. The first-order valence-corrected chi connectivity index (χ1v) is 7.94. The van der Waals surface area contributed by atoms with E-state index in [0.29, 0.717) is 22.5 Å². The highest BCUT2D eigenvalue weighted by atomic mass is 16.1. The molecular formula is C18H30O. The average molecular weight is 262 g/mol. The van der Waals surface area contributed by atoms with Gasteiger partial charge < -0.3 is 4.79 Å². The SMILES string of the molecule is C=C1CCC2C(C)(C)CCC[C@@]2(C)[C@@H]1CCC(C)=O. The zero-order chi connectivity index (χ0) is 14.3. The van der Waals surface area contributed by atoms with Gasteiger partial charge in [-0.15, -0.1) is 0 Å².